The molecule has 2 rings (SSSR count). The highest BCUT2D eigenvalue weighted by molar-refractivity contribution is 6.21. The first-order valence-corrected chi connectivity index (χ1v) is 12.1. The van der Waals surface area contributed by atoms with E-state index in [1.807, 2.05) is 6.08 Å². The SMILES string of the molecule is CCCCC(O)C(C)(C)c1ccc([C@@H]2[C@@H](C/C=C\CCCC(=O)O)[C@H](Cl)C[C@H]2O)cc1. The van der Waals surface area contributed by atoms with Crippen LogP contribution >= 0.6 is 11.6 Å². The van der Waals surface area contributed by atoms with Crippen LogP contribution in [0.15, 0.2) is 36.4 Å². The van der Waals surface area contributed by atoms with Gasteiger partial charge in [-0.05, 0) is 49.1 Å². The van der Waals surface area contributed by atoms with Gasteiger partial charge in [0.15, 0.2) is 0 Å². The monoisotopic (exact) mass is 450 g/mol. The van der Waals surface area contributed by atoms with E-state index in [4.69, 9.17) is 16.7 Å². The van der Waals surface area contributed by atoms with Crippen LogP contribution in [0.4, 0.5) is 0 Å². The van der Waals surface area contributed by atoms with E-state index in [9.17, 15) is 15.0 Å². The normalized spacial score (nSPS) is 25.2. The van der Waals surface area contributed by atoms with E-state index >= 15 is 0 Å². The number of aliphatic hydroxyl groups is 2. The number of aliphatic hydroxyl groups excluding tert-OH is 2. The molecule has 1 aliphatic carbocycles. The van der Waals surface area contributed by atoms with E-state index < -0.39 is 12.1 Å². The fraction of sp³-hybridized carbons (Fsp3) is 0.654. The van der Waals surface area contributed by atoms with Gasteiger partial charge in [-0.1, -0.05) is 70.0 Å². The van der Waals surface area contributed by atoms with Crippen LogP contribution in [0.5, 0.6) is 0 Å². The molecule has 1 aromatic rings. The Morgan fingerprint density at radius 2 is 1.90 bits per heavy atom. The summed E-state index contributed by atoms with van der Waals surface area (Å²) in [5, 5.41) is 30.0. The molecule has 0 radical (unpaired) electrons. The number of benzene rings is 1. The molecule has 5 heteroatoms. The number of halogens is 1. The Labute approximate surface area is 192 Å². The Morgan fingerprint density at radius 3 is 2.52 bits per heavy atom. The van der Waals surface area contributed by atoms with Gasteiger partial charge in [0.25, 0.3) is 0 Å². The highest BCUT2D eigenvalue weighted by Crippen LogP contribution is 2.45. The van der Waals surface area contributed by atoms with E-state index in [1.165, 1.54) is 0 Å². The Balaban J connectivity index is 2.06. The van der Waals surface area contributed by atoms with Crippen molar-refractivity contribution in [2.24, 2.45) is 5.92 Å². The second-order valence-electron chi connectivity index (χ2n) is 9.50. The molecular formula is C26H39ClO4. The van der Waals surface area contributed by atoms with Crippen LogP contribution in [0.3, 0.4) is 0 Å². The molecular weight excluding hydrogens is 412 g/mol. The Kier molecular flexibility index (Phi) is 10.1. The largest absolute Gasteiger partial charge is 0.481 e. The number of alkyl halides is 1. The van der Waals surface area contributed by atoms with Gasteiger partial charge in [-0.2, -0.15) is 0 Å². The van der Waals surface area contributed by atoms with Gasteiger partial charge in [0, 0.05) is 23.1 Å². The van der Waals surface area contributed by atoms with Gasteiger partial charge in [0.1, 0.15) is 0 Å². The predicted molar refractivity (Wildman–Crippen MR) is 127 cm³/mol. The third-order valence-electron chi connectivity index (χ3n) is 6.85. The average Bonchev–Trinajstić information content (AvgIpc) is 3.01. The summed E-state index contributed by atoms with van der Waals surface area (Å²) in [7, 11) is 0. The standard InChI is InChI=1S/C26H39ClO4/c1-4-5-11-23(29)26(2,3)19-15-13-18(14-16-19)25-20(21(27)17-22(25)28)10-8-6-7-9-12-24(30)31/h6,8,13-16,20-23,25,28-29H,4-5,7,9-12,17H2,1-3H3,(H,30,31)/b8-6-/t20-,21+,22+,23?,25+/m0/s1. The summed E-state index contributed by atoms with van der Waals surface area (Å²) in [6, 6.07) is 8.32. The number of carbonyl (C=O) groups is 1. The number of carboxylic acids is 1. The first kappa shape index (κ1) is 25.9. The molecule has 5 atom stereocenters. The molecule has 1 aliphatic rings. The molecule has 4 nitrogen and oxygen atoms in total. The van der Waals surface area contributed by atoms with Gasteiger partial charge in [0.2, 0.25) is 0 Å². The lowest BCUT2D eigenvalue weighted by atomic mass is 9.76. The zero-order valence-electron chi connectivity index (χ0n) is 19.1. The Hall–Kier alpha value is -1.36. The summed E-state index contributed by atoms with van der Waals surface area (Å²) in [6.45, 7) is 6.30. The summed E-state index contributed by atoms with van der Waals surface area (Å²) < 4.78 is 0. The van der Waals surface area contributed by atoms with Crippen molar-refractivity contribution >= 4 is 17.6 Å². The quantitative estimate of drug-likeness (QED) is 0.214. The zero-order valence-corrected chi connectivity index (χ0v) is 19.9. The van der Waals surface area contributed by atoms with Crippen molar-refractivity contribution in [2.45, 2.75) is 101 Å². The highest BCUT2D eigenvalue weighted by atomic mass is 35.5. The molecule has 1 unspecified atom stereocenters. The molecule has 0 amide bonds. The minimum Gasteiger partial charge on any atom is -0.481 e. The van der Waals surface area contributed by atoms with Gasteiger partial charge < -0.3 is 15.3 Å². The number of hydrogen-bond acceptors (Lipinski definition) is 3. The third kappa shape index (κ3) is 7.06. The van der Waals surface area contributed by atoms with Crippen molar-refractivity contribution in [2.75, 3.05) is 0 Å². The predicted octanol–water partition coefficient (Wildman–Crippen LogP) is 5.79. The number of allylic oxidation sites excluding steroid dienone is 2. The molecule has 1 fully saturated rings. The van der Waals surface area contributed by atoms with E-state index in [1.54, 1.807) is 0 Å². The van der Waals surface area contributed by atoms with Gasteiger partial charge in [0.05, 0.1) is 12.2 Å². The summed E-state index contributed by atoms with van der Waals surface area (Å²) >= 11 is 6.59. The summed E-state index contributed by atoms with van der Waals surface area (Å²) in [5.74, 6) is -0.646. The van der Waals surface area contributed by atoms with Crippen LogP contribution in [0, 0.1) is 5.92 Å². The van der Waals surface area contributed by atoms with Gasteiger partial charge in [-0.3, -0.25) is 4.79 Å². The van der Waals surface area contributed by atoms with E-state index in [-0.39, 0.29) is 35.2 Å². The van der Waals surface area contributed by atoms with Crippen LogP contribution in [-0.4, -0.2) is 38.9 Å². The molecule has 31 heavy (non-hydrogen) atoms. The second-order valence-corrected chi connectivity index (χ2v) is 10.1. The van der Waals surface area contributed by atoms with Crippen molar-refractivity contribution < 1.29 is 20.1 Å². The van der Waals surface area contributed by atoms with Crippen LogP contribution in [0.1, 0.15) is 89.2 Å². The third-order valence-corrected chi connectivity index (χ3v) is 7.35. The Bertz CT molecular complexity index is 713. The molecule has 0 spiro atoms. The lowest BCUT2D eigenvalue weighted by molar-refractivity contribution is -0.137. The lowest BCUT2D eigenvalue weighted by Gasteiger charge is -2.32. The maximum absolute atomic E-state index is 10.7. The number of unbranched alkanes of at least 4 members (excludes halogenated alkanes) is 2. The molecule has 1 aromatic carbocycles. The van der Waals surface area contributed by atoms with Crippen LogP contribution in [-0.2, 0) is 10.2 Å². The first-order chi connectivity index (χ1) is 14.7. The molecule has 0 saturated heterocycles. The summed E-state index contributed by atoms with van der Waals surface area (Å²) in [4.78, 5) is 10.6. The summed E-state index contributed by atoms with van der Waals surface area (Å²) in [6.07, 6.45) is 9.02. The van der Waals surface area contributed by atoms with Crippen molar-refractivity contribution in [1.29, 1.82) is 0 Å². The van der Waals surface area contributed by atoms with E-state index in [0.717, 1.165) is 43.2 Å². The molecule has 0 aliphatic heterocycles. The van der Waals surface area contributed by atoms with E-state index in [2.05, 4.69) is 51.1 Å². The minimum atomic E-state index is -0.766. The minimum absolute atomic E-state index is 0.0200. The molecule has 3 N–H and O–H groups in total. The summed E-state index contributed by atoms with van der Waals surface area (Å²) in [5.41, 5.74) is 1.86. The molecule has 0 bridgehead atoms. The topological polar surface area (TPSA) is 77.8 Å². The fourth-order valence-corrected chi connectivity index (χ4v) is 5.10. The van der Waals surface area contributed by atoms with Crippen molar-refractivity contribution in [3.63, 3.8) is 0 Å². The zero-order chi connectivity index (χ0) is 23.0. The maximum atomic E-state index is 10.7. The highest BCUT2D eigenvalue weighted by Gasteiger charge is 2.41. The number of aliphatic carboxylic acids is 1. The first-order valence-electron chi connectivity index (χ1n) is 11.7. The van der Waals surface area contributed by atoms with E-state index in [0.29, 0.717) is 12.8 Å². The van der Waals surface area contributed by atoms with Crippen LogP contribution < -0.4 is 0 Å². The fourth-order valence-electron chi connectivity index (χ4n) is 4.65. The molecule has 1 saturated carbocycles. The Morgan fingerprint density at radius 1 is 1.23 bits per heavy atom. The number of carboxylic acid groups (broad SMARTS) is 1. The molecule has 0 heterocycles. The molecule has 0 aromatic heterocycles. The average molecular weight is 451 g/mol. The lowest BCUT2D eigenvalue weighted by Crippen LogP contribution is -2.33. The van der Waals surface area contributed by atoms with Crippen LogP contribution in [0.25, 0.3) is 0 Å². The number of hydrogen-bond donors (Lipinski definition) is 3. The second kappa shape index (κ2) is 12.0. The van der Waals surface area contributed by atoms with Crippen molar-refractivity contribution in [1.82, 2.24) is 0 Å². The van der Waals surface area contributed by atoms with Gasteiger partial charge in [-0.15, -0.1) is 11.6 Å². The molecule has 174 valence electrons. The van der Waals surface area contributed by atoms with Crippen molar-refractivity contribution in [3.05, 3.63) is 47.5 Å². The van der Waals surface area contributed by atoms with Gasteiger partial charge in [-0.25, -0.2) is 0 Å². The maximum Gasteiger partial charge on any atom is 0.303 e. The van der Waals surface area contributed by atoms with Gasteiger partial charge >= 0.3 is 5.97 Å². The number of rotatable bonds is 12. The van der Waals surface area contributed by atoms with Crippen molar-refractivity contribution in [3.8, 4) is 0 Å². The smallest absolute Gasteiger partial charge is 0.303 e. The van der Waals surface area contributed by atoms with Crippen LogP contribution in [0.2, 0.25) is 0 Å².